The lowest BCUT2D eigenvalue weighted by atomic mass is 9.48. The molecule has 288 valence electrons. The molecule has 0 aliphatic heterocycles. The predicted octanol–water partition coefficient (Wildman–Crippen LogP) is 14.5. The summed E-state index contributed by atoms with van der Waals surface area (Å²) in [4.78, 5) is 15.5. The maximum Gasteiger partial charge on any atom is 0.164 e. The molecule has 3 heterocycles. The van der Waals surface area contributed by atoms with E-state index >= 15 is 0 Å². The van der Waals surface area contributed by atoms with Crippen molar-refractivity contribution in [3.05, 3.63) is 163 Å². The smallest absolute Gasteiger partial charge is 0.164 e. The van der Waals surface area contributed by atoms with E-state index < -0.39 is 0 Å². The number of aromatic nitrogens is 3. The van der Waals surface area contributed by atoms with Crippen LogP contribution in [0.3, 0.4) is 0 Å². The first kappa shape index (κ1) is 34.1. The monoisotopic (exact) mass is 775 g/mol. The van der Waals surface area contributed by atoms with Crippen LogP contribution in [0.1, 0.15) is 44.1 Å². The van der Waals surface area contributed by atoms with Gasteiger partial charge in [0.2, 0.25) is 0 Å². The Morgan fingerprint density at radius 2 is 0.917 bits per heavy atom. The molecule has 5 nitrogen and oxygen atoms in total. The molecule has 10 aromatic rings. The first-order valence-corrected chi connectivity index (χ1v) is 21.5. The van der Waals surface area contributed by atoms with E-state index in [4.69, 9.17) is 23.8 Å². The molecule has 60 heavy (non-hydrogen) atoms. The van der Waals surface area contributed by atoms with E-state index in [0.29, 0.717) is 22.9 Å². The fourth-order valence-electron chi connectivity index (χ4n) is 11.7. The topological polar surface area (TPSA) is 65.0 Å². The van der Waals surface area contributed by atoms with E-state index in [-0.39, 0.29) is 0 Å². The summed E-state index contributed by atoms with van der Waals surface area (Å²) in [6.07, 6.45) is 8.56. The highest BCUT2D eigenvalue weighted by Crippen LogP contribution is 2.60. The molecule has 0 unspecified atom stereocenters. The minimum Gasteiger partial charge on any atom is -0.456 e. The Hall–Kier alpha value is -6.85. The highest BCUT2D eigenvalue weighted by Gasteiger charge is 2.51. The zero-order valence-corrected chi connectivity index (χ0v) is 33.1. The summed E-state index contributed by atoms with van der Waals surface area (Å²) in [7, 11) is 0. The van der Waals surface area contributed by atoms with Crippen molar-refractivity contribution in [2.24, 2.45) is 17.8 Å². The van der Waals surface area contributed by atoms with Crippen molar-refractivity contribution in [2.45, 2.75) is 43.9 Å². The van der Waals surface area contributed by atoms with Crippen molar-refractivity contribution in [1.29, 1.82) is 0 Å². The summed E-state index contributed by atoms with van der Waals surface area (Å²) in [5.41, 5.74) is 12.7. The Kier molecular flexibility index (Phi) is 7.42. The van der Waals surface area contributed by atoms with Crippen LogP contribution in [0.5, 0.6) is 0 Å². The Morgan fingerprint density at radius 3 is 1.65 bits per heavy atom. The SMILES string of the molecule is c1ccc(-c2cccc3oc4ccc(-c5nc(-c6ccc(-c7ccc(C89CC%10CC(CC(C%10)C8)C9)cc7)cc6)nc(-c6ccc7c(c6)oc6ccccc67)n5)cc4c23)cc1. The Bertz CT molecular complexity index is 3250. The number of hydrogen-bond donors (Lipinski definition) is 0. The maximum absolute atomic E-state index is 6.40. The van der Waals surface area contributed by atoms with E-state index in [9.17, 15) is 0 Å². The molecule has 4 saturated carbocycles. The summed E-state index contributed by atoms with van der Waals surface area (Å²) < 4.78 is 12.7. The molecule has 0 spiro atoms. The summed E-state index contributed by atoms with van der Waals surface area (Å²) in [5.74, 6) is 4.61. The second-order valence-electron chi connectivity index (χ2n) is 17.8. The molecule has 0 radical (unpaired) electrons. The Morgan fingerprint density at radius 1 is 0.383 bits per heavy atom. The second kappa shape index (κ2) is 13.1. The number of para-hydroxylation sites is 1. The van der Waals surface area contributed by atoms with E-state index in [0.717, 1.165) is 89.4 Å². The van der Waals surface area contributed by atoms with Crippen LogP contribution in [0.2, 0.25) is 0 Å². The van der Waals surface area contributed by atoms with Gasteiger partial charge in [0, 0.05) is 38.2 Å². The van der Waals surface area contributed by atoms with Gasteiger partial charge in [0.15, 0.2) is 17.5 Å². The molecule has 4 aliphatic carbocycles. The van der Waals surface area contributed by atoms with Gasteiger partial charge in [-0.3, -0.25) is 0 Å². The van der Waals surface area contributed by atoms with E-state index in [1.54, 1.807) is 5.56 Å². The number of hydrogen-bond acceptors (Lipinski definition) is 5. The molecule has 0 atom stereocenters. The lowest BCUT2D eigenvalue weighted by Gasteiger charge is -2.57. The molecule has 0 saturated heterocycles. The van der Waals surface area contributed by atoms with Gasteiger partial charge in [-0.05, 0) is 132 Å². The summed E-state index contributed by atoms with van der Waals surface area (Å²) in [5, 5.41) is 4.26. The van der Waals surface area contributed by atoms with Crippen LogP contribution < -0.4 is 0 Å². The van der Waals surface area contributed by atoms with Crippen molar-refractivity contribution in [2.75, 3.05) is 0 Å². The normalized spacial score (nSPS) is 20.8. The zero-order valence-electron chi connectivity index (χ0n) is 33.1. The number of fused-ring (bicyclic) bond motifs is 6. The van der Waals surface area contributed by atoms with Gasteiger partial charge in [0.25, 0.3) is 0 Å². The van der Waals surface area contributed by atoms with Crippen LogP contribution in [-0.2, 0) is 5.41 Å². The predicted molar refractivity (Wildman–Crippen MR) is 241 cm³/mol. The highest BCUT2D eigenvalue weighted by molar-refractivity contribution is 6.13. The third-order valence-electron chi connectivity index (χ3n) is 14.1. The molecule has 7 aromatic carbocycles. The maximum atomic E-state index is 6.40. The fourth-order valence-corrected chi connectivity index (χ4v) is 11.7. The molecule has 4 bridgehead atoms. The summed E-state index contributed by atoms with van der Waals surface area (Å²) in [6, 6.07) is 55.6. The van der Waals surface area contributed by atoms with Crippen LogP contribution >= 0.6 is 0 Å². The van der Waals surface area contributed by atoms with Crippen molar-refractivity contribution >= 4 is 43.9 Å². The quantitative estimate of drug-likeness (QED) is 0.168. The zero-order chi connectivity index (χ0) is 39.4. The molecule has 14 rings (SSSR count). The molecular weight excluding hydrogens is 735 g/mol. The number of rotatable bonds is 6. The molecule has 5 heteroatoms. The minimum absolute atomic E-state index is 0.402. The van der Waals surface area contributed by atoms with Gasteiger partial charge in [-0.25, -0.2) is 15.0 Å². The lowest BCUT2D eigenvalue weighted by molar-refractivity contribution is -0.00518. The largest absolute Gasteiger partial charge is 0.456 e. The number of nitrogens with zero attached hydrogens (tertiary/aromatic N) is 3. The Balaban J connectivity index is 0.903. The van der Waals surface area contributed by atoms with Gasteiger partial charge < -0.3 is 8.83 Å². The van der Waals surface area contributed by atoms with Gasteiger partial charge in [0.05, 0.1) is 0 Å². The molecule has 3 aromatic heterocycles. The van der Waals surface area contributed by atoms with Gasteiger partial charge in [-0.1, -0.05) is 115 Å². The van der Waals surface area contributed by atoms with Crippen molar-refractivity contribution in [3.63, 3.8) is 0 Å². The fraction of sp³-hybridized carbons (Fsp3) is 0.182. The summed E-state index contributed by atoms with van der Waals surface area (Å²) in [6.45, 7) is 0. The molecular formula is C55H41N3O2. The average molecular weight is 776 g/mol. The third kappa shape index (κ3) is 5.48. The van der Waals surface area contributed by atoms with E-state index in [1.807, 2.05) is 42.5 Å². The Labute approximate surface area is 347 Å². The van der Waals surface area contributed by atoms with Crippen molar-refractivity contribution < 1.29 is 8.83 Å². The van der Waals surface area contributed by atoms with Crippen LogP contribution in [0, 0.1) is 17.8 Å². The van der Waals surface area contributed by atoms with Gasteiger partial charge in [-0.15, -0.1) is 0 Å². The first-order chi connectivity index (χ1) is 29.6. The molecule has 0 N–H and O–H groups in total. The van der Waals surface area contributed by atoms with Crippen LogP contribution in [0.4, 0.5) is 0 Å². The van der Waals surface area contributed by atoms with E-state index in [2.05, 4.69) is 115 Å². The minimum atomic E-state index is 0.402. The average Bonchev–Trinajstić information content (AvgIpc) is 3.87. The number of furan rings is 2. The van der Waals surface area contributed by atoms with Crippen molar-refractivity contribution in [1.82, 2.24) is 15.0 Å². The van der Waals surface area contributed by atoms with Gasteiger partial charge >= 0.3 is 0 Å². The molecule has 4 fully saturated rings. The molecule has 4 aliphatic rings. The highest BCUT2D eigenvalue weighted by atomic mass is 16.3. The number of benzene rings is 7. The van der Waals surface area contributed by atoms with E-state index in [1.165, 1.54) is 49.7 Å². The lowest BCUT2D eigenvalue weighted by Crippen LogP contribution is -2.48. The standard InChI is InChI=1S/C55H41N3O2/c1-2-7-38(8-3-1)43-10-6-12-49-51(43)46-28-40(20-24-48(46)59-49)53-56-52(57-54(58-53)41-19-23-45-44-9-4-5-11-47(44)60-50(45)29-41)39-15-13-36(14-16-39)37-17-21-42(22-18-37)55-30-33-25-34(31-55)27-35(26-33)32-55/h1-24,28-29,33-35H,25-27,30-32H2. The van der Waals surface area contributed by atoms with Crippen LogP contribution in [0.15, 0.2) is 167 Å². The second-order valence-corrected chi connectivity index (χ2v) is 17.8. The van der Waals surface area contributed by atoms with Gasteiger partial charge in [0.1, 0.15) is 22.3 Å². The van der Waals surface area contributed by atoms with Crippen LogP contribution in [0.25, 0.3) is 100 Å². The van der Waals surface area contributed by atoms with Gasteiger partial charge in [-0.2, -0.15) is 0 Å². The van der Waals surface area contributed by atoms with Crippen molar-refractivity contribution in [3.8, 4) is 56.4 Å². The summed E-state index contributed by atoms with van der Waals surface area (Å²) >= 11 is 0. The third-order valence-corrected chi connectivity index (χ3v) is 14.1. The molecule has 0 amide bonds. The van der Waals surface area contributed by atoms with Crippen LogP contribution in [-0.4, -0.2) is 15.0 Å². The first-order valence-electron chi connectivity index (χ1n) is 21.5.